The number of benzene rings is 1. The molecule has 4 heterocycles. The van der Waals surface area contributed by atoms with Crippen LogP contribution in [0.15, 0.2) is 48.8 Å². The molecular weight excluding hydrogens is 364 g/mol. The number of pyridine rings is 1. The quantitative estimate of drug-likeness (QED) is 0.687. The molecule has 1 aromatic carbocycles. The van der Waals surface area contributed by atoms with Crippen molar-refractivity contribution < 1.29 is 4.74 Å². The van der Waals surface area contributed by atoms with Gasteiger partial charge in [0.25, 0.3) is 0 Å². The van der Waals surface area contributed by atoms with Crippen LogP contribution in [0.5, 0.6) is 0 Å². The topological polar surface area (TPSA) is 78.2 Å². The second-order valence-corrected chi connectivity index (χ2v) is 7.07. The van der Waals surface area contributed by atoms with Gasteiger partial charge in [0.2, 0.25) is 5.95 Å². The third-order valence-corrected chi connectivity index (χ3v) is 5.35. The van der Waals surface area contributed by atoms with E-state index in [0.29, 0.717) is 24.7 Å². The molecule has 0 atom stereocenters. The number of nitrogens with zero attached hydrogens (tertiary/aromatic N) is 6. The Bertz CT molecular complexity index is 1070. The van der Waals surface area contributed by atoms with Crippen LogP contribution in [-0.2, 0) is 11.2 Å². The van der Waals surface area contributed by atoms with Gasteiger partial charge in [-0.1, -0.05) is 12.1 Å². The van der Waals surface area contributed by atoms with Crippen LogP contribution < -0.4 is 9.80 Å². The predicted molar refractivity (Wildman–Crippen MR) is 110 cm³/mol. The Labute approximate surface area is 169 Å². The maximum absolute atomic E-state index is 9.33. The molecule has 0 radical (unpaired) electrons. The predicted octanol–water partition coefficient (Wildman–Crippen LogP) is 2.94. The standard InChI is InChI=1S/C22H20N6O/c23-15-16-2-1-3-17(14-16)20-19-6-9-28(18-4-7-24-8-5-18)21(19)26-22(25-20)27-10-12-29-13-11-27/h1-5,7-8,14H,6,9-13H2. The van der Waals surface area contributed by atoms with Gasteiger partial charge in [0, 0.05) is 48.8 Å². The average Bonchev–Trinajstić information content (AvgIpc) is 3.24. The van der Waals surface area contributed by atoms with Crippen molar-refractivity contribution in [2.75, 3.05) is 42.6 Å². The second kappa shape index (κ2) is 7.49. The minimum absolute atomic E-state index is 0.631. The molecule has 0 N–H and O–H groups in total. The first-order valence-electron chi connectivity index (χ1n) is 9.75. The molecule has 2 aliphatic heterocycles. The zero-order valence-corrected chi connectivity index (χ0v) is 16.0. The first-order valence-corrected chi connectivity index (χ1v) is 9.75. The van der Waals surface area contributed by atoms with E-state index in [1.165, 1.54) is 0 Å². The van der Waals surface area contributed by atoms with Gasteiger partial charge in [-0.05, 0) is 30.7 Å². The first-order chi connectivity index (χ1) is 14.3. The molecule has 0 spiro atoms. The van der Waals surface area contributed by atoms with Gasteiger partial charge in [-0.2, -0.15) is 10.2 Å². The van der Waals surface area contributed by atoms with E-state index in [9.17, 15) is 5.26 Å². The highest BCUT2D eigenvalue weighted by molar-refractivity contribution is 5.77. The van der Waals surface area contributed by atoms with Crippen LogP contribution in [0.4, 0.5) is 17.5 Å². The number of hydrogen-bond acceptors (Lipinski definition) is 7. The zero-order valence-electron chi connectivity index (χ0n) is 16.0. The molecular formula is C22H20N6O. The number of nitriles is 1. The fraction of sp³-hybridized carbons (Fsp3) is 0.273. The van der Waals surface area contributed by atoms with Crippen LogP contribution >= 0.6 is 0 Å². The smallest absolute Gasteiger partial charge is 0.228 e. The highest BCUT2D eigenvalue weighted by Gasteiger charge is 2.29. The Balaban J connectivity index is 1.66. The van der Waals surface area contributed by atoms with Crippen molar-refractivity contribution in [3.63, 3.8) is 0 Å². The molecule has 1 fully saturated rings. The van der Waals surface area contributed by atoms with Gasteiger partial charge in [0.1, 0.15) is 5.82 Å². The van der Waals surface area contributed by atoms with Gasteiger partial charge in [-0.25, -0.2) is 4.98 Å². The lowest BCUT2D eigenvalue weighted by atomic mass is 10.0. The highest BCUT2D eigenvalue weighted by atomic mass is 16.5. The Hall–Kier alpha value is -3.50. The van der Waals surface area contributed by atoms with Crippen LogP contribution in [0, 0.1) is 11.3 Å². The molecule has 7 heteroatoms. The number of aromatic nitrogens is 3. The number of hydrogen-bond donors (Lipinski definition) is 0. The number of morpholine rings is 1. The number of fused-ring (bicyclic) bond motifs is 1. The fourth-order valence-corrected chi connectivity index (χ4v) is 3.90. The van der Waals surface area contributed by atoms with E-state index in [1.807, 2.05) is 36.4 Å². The van der Waals surface area contributed by atoms with E-state index in [4.69, 9.17) is 14.7 Å². The Morgan fingerprint density at radius 1 is 1.00 bits per heavy atom. The lowest BCUT2D eigenvalue weighted by molar-refractivity contribution is 0.122. The summed E-state index contributed by atoms with van der Waals surface area (Å²) in [6.07, 6.45) is 4.45. The Kier molecular flexibility index (Phi) is 4.54. The Morgan fingerprint density at radius 2 is 1.83 bits per heavy atom. The van der Waals surface area contributed by atoms with Gasteiger partial charge in [-0.3, -0.25) is 4.98 Å². The van der Waals surface area contributed by atoms with Crippen LogP contribution in [0.3, 0.4) is 0 Å². The largest absolute Gasteiger partial charge is 0.378 e. The van der Waals surface area contributed by atoms with Crippen molar-refractivity contribution in [2.24, 2.45) is 0 Å². The summed E-state index contributed by atoms with van der Waals surface area (Å²) in [7, 11) is 0. The van der Waals surface area contributed by atoms with Crippen molar-refractivity contribution in [1.29, 1.82) is 5.26 Å². The molecule has 7 nitrogen and oxygen atoms in total. The maximum atomic E-state index is 9.33. The summed E-state index contributed by atoms with van der Waals surface area (Å²) in [5.41, 5.74) is 4.68. The lowest BCUT2D eigenvalue weighted by Crippen LogP contribution is -2.37. The summed E-state index contributed by atoms with van der Waals surface area (Å²) < 4.78 is 5.50. The van der Waals surface area contributed by atoms with Crippen LogP contribution in [0.25, 0.3) is 11.3 Å². The fourth-order valence-electron chi connectivity index (χ4n) is 3.90. The minimum Gasteiger partial charge on any atom is -0.378 e. The summed E-state index contributed by atoms with van der Waals surface area (Å²) in [4.78, 5) is 18.4. The molecule has 0 bridgehead atoms. The van der Waals surface area contributed by atoms with E-state index in [2.05, 4.69) is 20.9 Å². The summed E-state index contributed by atoms with van der Waals surface area (Å²) in [5.74, 6) is 1.65. The van der Waals surface area contributed by atoms with E-state index < -0.39 is 0 Å². The molecule has 2 aliphatic rings. The van der Waals surface area contributed by atoms with Crippen molar-refractivity contribution in [1.82, 2.24) is 15.0 Å². The molecule has 2 aromatic heterocycles. The van der Waals surface area contributed by atoms with Crippen molar-refractivity contribution in [2.45, 2.75) is 6.42 Å². The highest BCUT2D eigenvalue weighted by Crippen LogP contribution is 2.39. The van der Waals surface area contributed by atoms with Crippen molar-refractivity contribution in [3.05, 3.63) is 59.9 Å². The van der Waals surface area contributed by atoms with Crippen molar-refractivity contribution in [3.8, 4) is 17.3 Å². The van der Waals surface area contributed by atoms with Gasteiger partial charge < -0.3 is 14.5 Å². The van der Waals surface area contributed by atoms with Gasteiger partial charge >= 0.3 is 0 Å². The molecule has 0 amide bonds. The van der Waals surface area contributed by atoms with E-state index in [-0.39, 0.29) is 0 Å². The zero-order chi connectivity index (χ0) is 19.6. The number of ether oxygens (including phenoxy) is 1. The summed E-state index contributed by atoms with van der Waals surface area (Å²) in [6.45, 7) is 3.73. The number of rotatable bonds is 3. The normalized spacial score (nSPS) is 15.8. The van der Waals surface area contributed by atoms with E-state index in [1.54, 1.807) is 12.4 Å². The van der Waals surface area contributed by atoms with Gasteiger partial charge in [0.05, 0.1) is 30.5 Å². The average molecular weight is 384 g/mol. The Morgan fingerprint density at radius 3 is 2.62 bits per heavy atom. The van der Waals surface area contributed by atoms with E-state index >= 15 is 0 Å². The van der Waals surface area contributed by atoms with Crippen molar-refractivity contribution >= 4 is 17.5 Å². The minimum atomic E-state index is 0.631. The molecule has 1 saturated heterocycles. The lowest BCUT2D eigenvalue weighted by Gasteiger charge is -2.28. The summed E-state index contributed by atoms with van der Waals surface area (Å²) in [5, 5.41) is 9.33. The molecule has 29 heavy (non-hydrogen) atoms. The number of anilines is 3. The second-order valence-electron chi connectivity index (χ2n) is 7.07. The first kappa shape index (κ1) is 17.6. The molecule has 144 valence electrons. The van der Waals surface area contributed by atoms with Crippen LogP contribution in [0.1, 0.15) is 11.1 Å². The van der Waals surface area contributed by atoms with E-state index in [0.717, 1.165) is 54.4 Å². The molecule has 0 saturated carbocycles. The molecule has 5 rings (SSSR count). The van der Waals surface area contributed by atoms with Crippen LogP contribution in [0.2, 0.25) is 0 Å². The van der Waals surface area contributed by atoms with Crippen LogP contribution in [-0.4, -0.2) is 47.8 Å². The third-order valence-electron chi connectivity index (χ3n) is 5.35. The molecule has 0 aliphatic carbocycles. The van der Waals surface area contributed by atoms with Gasteiger partial charge in [-0.15, -0.1) is 0 Å². The SMILES string of the molecule is N#Cc1cccc(-c2nc(N3CCOCC3)nc3c2CCN3c2ccncc2)c1. The summed E-state index contributed by atoms with van der Waals surface area (Å²) in [6, 6.07) is 13.9. The third kappa shape index (κ3) is 3.28. The van der Waals surface area contributed by atoms with Gasteiger partial charge in [0.15, 0.2) is 0 Å². The summed E-state index contributed by atoms with van der Waals surface area (Å²) >= 11 is 0. The maximum Gasteiger partial charge on any atom is 0.228 e. The molecule has 0 unspecified atom stereocenters. The monoisotopic (exact) mass is 384 g/mol. The molecule has 3 aromatic rings.